The van der Waals surface area contributed by atoms with Gasteiger partial charge in [0.1, 0.15) is 0 Å². The fraction of sp³-hybridized carbons (Fsp3) is 0.182. The molecule has 0 heterocycles. The van der Waals surface area contributed by atoms with Crippen LogP contribution in [-0.4, -0.2) is 41.8 Å². The molecule has 0 bridgehead atoms. The van der Waals surface area contributed by atoms with E-state index in [0.29, 0.717) is 0 Å². The van der Waals surface area contributed by atoms with Gasteiger partial charge in [-0.3, -0.25) is 0 Å². The lowest BCUT2D eigenvalue weighted by Gasteiger charge is -2.33. The van der Waals surface area contributed by atoms with Crippen LogP contribution in [0.5, 0.6) is 34.5 Å². The van der Waals surface area contributed by atoms with Gasteiger partial charge in [-0.15, -0.1) is 0 Å². The number of para-hydroxylation sites is 3. The van der Waals surface area contributed by atoms with Crippen LogP contribution in [0.15, 0.2) is 54.6 Å². The van der Waals surface area contributed by atoms with Gasteiger partial charge in [-0.25, -0.2) is 0 Å². The SMILES string of the molecule is COc1c(O)cccc1C(O)(c1cccc(O)c1OC)c1cccc(O)c1OC. The second kappa shape index (κ2) is 7.81. The molecule has 0 saturated heterocycles. The van der Waals surface area contributed by atoms with Gasteiger partial charge >= 0.3 is 0 Å². The minimum atomic E-state index is -2.03. The number of methoxy groups -OCH3 is 3. The van der Waals surface area contributed by atoms with Gasteiger partial charge in [0.15, 0.2) is 40.1 Å². The number of ether oxygens (including phenoxy) is 3. The van der Waals surface area contributed by atoms with Gasteiger partial charge in [0.2, 0.25) is 0 Å². The third kappa shape index (κ3) is 3.15. The molecule has 0 fully saturated rings. The van der Waals surface area contributed by atoms with E-state index >= 15 is 0 Å². The van der Waals surface area contributed by atoms with Crippen LogP contribution in [0.1, 0.15) is 16.7 Å². The molecule has 29 heavy (non-hydrogen) atoms. The largest absolute Gasteiger partial charge is 0.504 e. The summed E-state index contributed by atoms with van der Waals surface area (Å²) in [4.78, 5) is 0. The van der Waals surface area contributed by atoms with E-state index in [1.807, 2.05) is 0 Å². The Balaban J connectivity index is 2.50. The van der Waals surface area contributed by atoms with E-state index in [9.17, 15) is 20.4 Å². The van der Waals surface area contributed by atoms with Crippen LogP contribution in [0.3, 0.4) is 0 Å². The Morgan fingerprint density at radius 3 is 1.07 bits per heavy atom. The zero-order valence-corrected chi connectivity index (χ0v) is 16.2. The molecule has 0 spiro atoms. The summed E-state index contributed by atoms with van der Waals surface area (Å²) in [5, 5.41) is 43.1. The zero-order valence-electron chi connectivity index (χ0n) is 16.2. The first kappa shape index (κ1) is 20.2. The number of aliphatic hydroxyl groups is 1. The van der Waals surface area contributed by atoms with Crippen LogP contribution in [0.25, 0.3) is 0 Å². The number of aromatic hydroxyl groups is 3. The maximum Gasteiger partial charge on any atom is 0.167 e. The summed E-state index contributed by atoms with van der Waals surface area (Å²) < 4.78 is 16.1. The van der Waals surface area contributed by atoms with Crippen LogP contribution >= 0.6 is 0 Å². The van der Waals surface area contributed by atoms with Crippen molar-refractivity contribution >= 4 is 0 Å². The standard InChI is InChI=1S/C22H22O7/c1-27-19-13(7-4-10-16(19)23)22(26,14-8-5-11-17(24)20(14)28-2)15-9-6-12-18(25)21(15)29-3/h4-12,23-26H,1-3H3. The number of hydrogen-bond acceptors (Lipinski definition) is 7. The number of benzene rings is 3. The predicted molar refractivity (Wildman–Crippen MR) is 106 cm³/mol. The normalized spacial score (nSPS) is 11.2. The summed E-state index contributed by atoms with van der Waals surface area (Å²) in [6.45, 7) is 0. The summed E-state index contributed by atoms with van der Waals surface area (Å²) in [5.41, 5.74) is -1.55. The molecule has 0 atom stereocenters. The average molecular weight is 398 g/mol. The van der Waals surface area contributed by atoms with E-state index in [4.69, 9.17) is 14.2 Å². The Hall–Kier alpha value is -3.58. The molecule has 7 heteroatoms. The summed E-state index contributed by atoms with van der Waals surface area (Å²) in [7, 11) is 4.08. The van der Waals surface area contributed by atoms with Gasteiger partial charge in [0, 0.05) is 16.7 Å². The summed E-state index contributed by atoms with van der Waals surface area (Å²) >= 11 is 0. The highest BCUT2D eigenvalue weighted by Crippen LogP contribution is 2.52. The second-order valence-electron chi connectivity index (χ2n) is 6.28. The lowest BCUT2D eigenvalue weighted by molar-refractivity contribution is 0.113. The van der Waals surface area contributed by atoms with Crippen molar-refractivity contribution in [3.05, 3.63) is 71.3 Å². The minimum absolute atomic E-state index is 0.0193. The maximum atomic E-state index is 12.2. The quantitative estimate of drug-likeness (QED) is 0.473. The molecule has 3 aromatic rings. The predicted octanol–water partition coefficient (Wildman–Crippen LogP) is 3.11. The van der Waals surface area contributed by atoms with Crippen molar-refractivity contribution < 1.29 is 34.6 Å². The highest BCUT2D eigenvalue weighted by atomic mass is 16.5. The van der Waals surface area contributed by atoms with Crippen molar-refractivity contribution in [2.45, 2.75) is 5.60 Å². The smallest absolute Gasteiger partial charge is 0.167 e. The van der Waals surface area contributed by atoms with Gasteiger partial charge in [0.05, 0.1) is 21.3 Å². The monoisotopic (exact) mass is 398 g/mol. The summed E-state index contributed by atoms with van der Waals surface area (Å²) in [5.74, 6) is -0.521. The lowest BCUT2D eigenvalue weighted by atomic mass is 9.78. The molecule has 0 amide bonds. The molecule has 0 unspecified atom stereocenters. The van der Waals surface area contributed by atoms with Gasteiger partial charge in [0.25, 0.3) is 0 Å². The molecule has 7 nitrogen and oxygen atoms in total. The average Bonchev–Trinajstić information content (AvgIpc) is 2.72. The number of phenols is 3. The molecule has 0 radical (unpaired) electrons. The molecule has 0 aliphatic heterocycles. The van der Waals surface area contributed by atoms with Crippen LogP contribution < -0.4 is 14.2 Å². The molecule has 3 aromatic carbocycles. The number of hydrogen-bond donors (Lipinski definition) is 4. The Kier molecular flexibility index (Phi) is 5.43. The fourth-order valence-corrected chi connectivity index (χ4v) is 3.51. The van der Waals surface area contributed by atoms with Gasteiger partial charge < -0.3 is 34.6 Å². The molecule has 4 N–H and O–H groups in total. The van der Waals surface area contributed by atoms with Crippen LogP contribution in [-0.2, 0) is 5.60 Å². The molecule has 0 aliphatic rings. The van der Waals surface area contributed by atoms with Crippen molar-refractivity contribution in [1.82, 2.24) is 0 Å². The summed E-state index contributed by atoms with van der Waals surface area (Å²) in [6.07, 6.45) is 0. The lowest BCUT2D eigenvalue weighted by Crippen LogP contribution is -2.30. The fourth-order valence-electron chi connectivity index (χ4n) is 3.51. The van der Waals surface area contributed by atoms with E-state index in [1.165, 1.54) is 39.5 Å². The van der Waals surface area contributed by atoms with Gasteiger partial charge in [-0.05, 0) is 18.2 Å². The van der Waals surface area contributed by atoms with Gasteiger partial charge in [-0.2, -0.15) is 0 Å². The molecular formula is C22H22O7. The van der Waals surface area contributed by atoms with Crippen molar-refractivity contribution in [2.24, 2.45) is 0 Å². The highest BCUT2D eigenvalue weighted by Gasteiger charge is 2.43. The molecule has 0 aliphatic carbocycles. The van der Waals surface area contributed by atoms with Crippen LogP contribution in [0.2, 0.25) is 0 Å². The Bertz CT molecular complexity index is 900. The molecule has 0 aromatic heterocycles. The number of phenolic OH excluding ortho intramolecular Hbond substituents is 3. The van der Waals surface area contributed by atoms with E-state index in [2.05, 4.69) is 0 Å². The minimum Gasteiger partial charge on any atom is -0.504 e. The van der Waals surface area contributed by atoms with Crippen molar-refractivity contribution in [1.29, 1.82) is 0 Å². The van der Waals surface area contributed by atoms with Crippen molar-refractivity contribution in [3.63, 3.8) is 0 Å². The Labute approximate surface area is 168 Å². The number of rotatable bonds is 6. The van der Waals surface area contributed by atoms with Gasteiger partial charge in [-0.1, -0.05) is 36.4 Å². The first-order valence-electron chi connectivity index (χ1n) is 8.71. The van der Waals surface area contributed by atoms with Crippen molar-refractivity contribution in [2.75, 3.05) is 21.3 Å². The first-order valence-corrected chi connectivity index (χ1v) is 8.71. The highest BCUT2D eigenvalue weighted by molar-refractivity contribution is 5.65. The van der Waals surface area contributed by atoms with E-state index in [1.54, 1.807) is 36.4 Å². The van der Waals surface area contributed by atoms with Crippen LogP contribution in [0, 0.1) is 0 Å². The molecular weight excluding hydrogens is 376 g/mol. The van der Waals surface area contributed by atoms with E-state index < -0.39 is 5.60 Å². The third-order valence-corrected chi connectivity index (χ3v) is 4.76. The van der Waals surface area contributed by atoms with Crippen LogP contribution in [0.4, 0.5) is 0 Å². The first-order chi connectivity index (χ1) is 13.9. The zero-order chi connectivity index (χ0) is 21.2. The molecule has 152 valence electrons. The second-order valence-corrected chi connectivity index (χ2v) is 6.28. The van der Waals surface area contributed by atoms with E-state index in [0.717, 1.165) is 0 Å². The molecule has 3 rings (SSSR count). The Morgan fingerprint density at radius 1 is 0.552 bits per heavy atom. The molecule has 0 saturated carbocycles. The van der Waals surface area contributed by atoms with Crippen molar-refractivity contribution in [3.8, 4) is 34.5 Å². The Morgan fingerprint density at radius 2 is 0.828 bits per heavy atom. The maximum absolute atomic E-state index is 12.2. The van der Waals surface area contributed by atoms with E-state index in [-0.39, 0.29) is 51.2 Å². The topological polar surface area (TPSA) is 109 Å². The third-order valence-electron chi connectivity index (χ3n) is 4.76. The summed E-state index contributed by atoms with van der Waals surface area (Å²) in [6, 6.07) is 13.6.